The fraction of sp³-hybridized carbons (Fsp3) is 0.316. The van der Waals surface area contributed by atoms with E-state index in [2.05, 4.69) is 58.9 Å². The maximum atomic E-state index is 6.18. The number of benzene rings is 2. The van der Waals surface area contributed by atoms with Gasteiger partial charge in [0.15, 0.2) is 5.96 Å². The van der Waals surface area contributed by atoms with Crippen LogP contribution in [0.15, 0.2) is 53.5 Å². The van der Waals surface area contributed by atoms with Crippen molar-refractivity contribution in [1.29, 1.82) is 0 Å². The van der Waals surface area contributed by atoms with Gasteiger partial charge in [-0.15, -0.1) is 0 Å². The Kier molecular flexibility index (Phi) is 7.09. The van der Waals surface area contributed by atoms with E-state index in [1.54, 1.807) is 7.05 Å². The lowest BCUT2D eigenvalue weighted by Gasteiger charge is -2.14. The van der Waals surface area contributed by atoms with Crippen LogP contribution in [0.2, 0.25) is 5.02 Å². The summed E-state index contributed by atoms with van der Waals surface area (Å²) in [6, 6.07) is 16.4. The van der Waals surface area contributed by atoms with E-state index in [0.29, 0.717) is 6.54 Å². The lowest BCUT2D eigenvalue weighted by atomic mass is 10.1. The summed E-state index contributed by atoms with van der Waals surface area (Å²) in [7, 11) is 5.92. The number of aliphatic imine (C=N–C) groups is 1. The second kappa shape index (κ2) is 9.30. The first-order chi connectivity index (χ1) is 11.6. The zero-order valence-corrected chi connectivity index (χ0v) is 15.3. The Labute approximate surface area is 149 Å². The number of nitrogens with zero attached hydrogens (tertiary/aromatic N) is 2. The van der Waals surface area contributed by atoms with Crippen LogP contribution in [0.4, 0.5) is 0 Å². The summed E-state index contributed by atoms with van der Waals surface area (Å²) in [5.41, 5.74) is 3.59. The maximum Gasteiger partial charge on any atom is 0.191 e. The highest BCUT2D eigenvalue weighted by atomic mass is 35.5. The molecule has 0 fully saturated rings. The van der Waals surface area contributed by atoms with Crippen LogP contribution in [0.25, 0.3) is 0 Å². The summed E-state index contributed by atoms with van der Waals surface area (Å²) >= 11 is 6.18. The van der Waals surface area contributed by atoms with Crippen LogP contribution in [0.1, 0.15) is 16.7 Å². The number of nitrogens with one attached hydrogen (secondary N) is 2. The van der Waals surface area contributed by atoms with Crippen molar-refractivity contribution in [3.63, 3.8) is 0 Å². The molecule has 0 radical (unpaired) electrons. The summed E-state index contributed by atoms with van der Waals surface area (Å²) in [6.45, 7) is 2.30. The fourth-order valence-corrected chi connectivity index (χ4v) is 2.63. The van der Waals surface area contributed by atoms with Crippen molar-refractivity contribution in [3.8, 4) is 0 Å². The Hall–Kier alpha value is -2.04. The Morgan fingerprint density at radius 3 is 2.42 bits per heavy atom. The van der Waals surface area contributed by atoms with Gasteiger partial charge in [-0.05, 0) is 36.9 Å². The minimum atomic E-state index is 0.639. The highest BCUT2D eigenvalue weighted by molar-refractivity contribution is 6.31. The molecule has 4 nitrogen and oxygen atoms in total. The second-order valence-corrected chi connectivity index (χ2v) is 6.34. The Balaban J connectivity index is 1.89. The molecule has 0 aliphatic heterocycles. The molecule has 2 rings (SSSR count). The number of guanidine groups is 1. The third-order valence-corrected chi connectivity index (χ3v) is 3.95. The summed E-state index contributed by atoms with van der Waals surface area (Å²) in [4.78, 5) is 6.43. The van der Waals surface area contributed by atoms with Crippen LogP contribution in [-0.4, -0.2) is 32.0 Å². The topological polar surface area (TPSA) is 39.7 Å². The first kappa shape index (κ1) is 18.3. The Bertz CT molecular complexity index is 683. The van der Waals surface area contributed by atoms with Crippen molar-refractivity contribution in [2.45, 2.75) is 19.6 Å². The van der Waals surface area contributed by atoms with Crippen LogP contribution < -0.4 is 10.6 Å². The molecule has 0 aliphatic rings. The zero-order chi connectivity index (χ0) is 17.4. The van der Waals surface area contributed by atoms with Crippen LogP contribution in [-0.2, 0) is 19.6 Å². The van der Waals surface area contributed by atoms with Crippen molar-refractivity contribution < 1.29 is 0 Å². The zero-order valence-electron chi connectivity index (χ0n) is 14.5. The van der Waals surface area contributed by atoms with E-state index >= 15 is 0 Å². The van der Waals surface area contributed by atoms with Crippen molar-refractivity contribution in [1.82, 2.24) is 15.5 Å². The highest BCUT2D eigenvalue weighted by Gasteiger charge is 2.03. The minimum Gasteiger partial charge on any atom is -0.352 e. The predicted molar refractivity (Wildman–Crippen MR) is 102 cm³/mol. The minimum absolute atomic E-state index is 0.639. The fourth-order valence-electron chi connectivity index (χ4n) is 2.43. The highest BCUT2D eigenvalue weighted by Crippen LogP contribution is 2.14. The van der Waals surface area contributed by atoms with Crippen LogP contribution >= 0.6 is 11.6 Å². The van der Waals surface area contributed by atoms with Gasteiger partial charge in [-0.3, -0.25) is 4.99 Å². The maximum absolute atomic E-state index is 6.18. The van der Waals surface area contributed by atoms with E-state index in [0.717, 1.165) is 29.6 Å². The van der Waals surface area contributed by atoms with E-state index in [1.807, 2.05) is 24.3 Å². The molecule has 0 unspecified atom stereocenters. The molecule has 0 amide bonds. The molecule has 0 saturated carbocycles. The van der Waals surface area contributed by atoms with Gasteiger partial charge in [0, 0.05) is 31.7 Å². The van der Waals surface area contributed by atoms with Crippen LogP contribution in [0.5, 0.6) is 0 Å². The molecular formula is C19H25ClN4. The van der Waals surface area contributed by atoms with Gasteiger partial charge in [-0.25, -0.2) is 0 Å². The average molecular weight is 345 g/mol. The lowest BCUT2D eigenvalue weighted by molar-refractivity contribution is 0.402. The van der Waals surface area contributed by atoms with E-state index in [1.165, 1.54) is 11.1 Å². The summed E-state index contributed by atoms with van der Waals surface area (Å²) in [5, 5.41) is 7.39. The molecule has 0 bridgehead atoms. The van der Waals surface area contributed by atoms with Gasteiger partial charge < -0.3 is 15.5 Å². The first-order valence-corrected chi connectivity index (χ1v) is 8.36. The van der Waals surface area contributed by atoms with E-state index in [-0.39, 0.29) is 0 Å². The average Bonchev–Trinajstić information content (AvgIpc) is 2.56. The predicted octanol–water partition coefficient (Wildman–Crippen LogP) is 3.27. The molecule has 24 heavy (non-hydrogen) atoms. The Morgan fingerprint density at radius 2 is 1.71 bits per heavy atom. The van der Waals surface area contributed by atoms with Crippen molar-refractivity contribution in [2.75, 3.05) is 21.1 Å². The molecule has 2 aromatic rings. The van der Waals surface area contributed by atoms with Gasteiger partial charge in [-0.2, -0.15) is 0 Å². The third kappa shape index (κ3) is 5.87. The summed E-state index contributed by atoms with van der Waals surface area (Å²) in [5.74, 6) is 0.757. The van der Waals surface area contributed by atoms with Gasteiger partial charge in [0.2, 0.25) is 0 Å². The van der Waals surface area contributed by atoms with Gasteiger partial charge in [0.25, 0.3) is 0 Å². The normalized spacial score (nSPS) is 11.6. The van der Waals surface area contributed by atoms with E-state index in [9.17, 15) is 0 Å². The third-order valence-electron chi connectivity index (χ3n) is 3.58. The van der Waals surface area contributed by atoms with Crippen LogP contribution in [0, 0.1) is 0 Å². The van der Waals surface area contributed by atoms with Crippen molar-refractivity contribution in [3.05, 3.63) is 70.2 Å². The number of rotatable bonds is 6. The largest absolute Gasteiger partial charge is 0.352 e. The summed E-state index contributed by atoms with van der Waals surface area (Å²) < 4.78 is 0. The van der Waals surface area contributed by atoms with Gasteiger partial charge in [0.05, 0.1) is 0 Å². The lowest BCUT2D eigenvalue weighted by Crippen LogP contribution is -2.36. The number of halogens is 1. The van der Waals surface area contributed by atoms with E-state index in [4.69, 9.17) is 11.6 Å². The second-order valence-electron chi connectivity index (χ2n) is 5.93. The van der Waals surface area contributed by atoms with E-state index < -0.39 is 0 Å². The van der Waals surface area contributed by atoms with Crippen molar-refractivity contribution in [2.24, 2.45) is 4.99 Å². The molecule has 0 atom stereocenters. The molecule has 0 aromatic heterocycles. The SMILES string of the molecule is CN=C(NCc1cccc(CN(C)C)c1)NCc1ccccc1Cl. The summed E-state index contributed by atoms with van der Waals surface area (Å²) in [6.07, 6.45) is 0. The molecule has 2 aromatic carbocycles. The molecule has 0 aliphatic carbocycles. The molecule has 0 saturated heterocycles. The molecule has 0 spiro atoms. The standard InChI is InChI=1S/C19H25ClN4/c1-21-19(23-13-17-9-4-5-10-18(17)20)22-12-15-7-6-8-16(11-15)14-24(2)3/h4-11H,12-14H2,1-3H3,(H2,21,22,23). The molecule has 128 valence electrons. The molecular weight excluding hydrogens is 320 g/mol. The molecule has 2 N–H and O–H groups in total. The van der Waals surface area contributed by atoms with Gasteiger partial charge >= 0.3 is 0 Å². The number of hydrogen-bond acceptors (Lipinski definition) is 2. The Morgan fingerprint density at radius 1 is 1.00 bits per heavy atom. The quantitative estimate of drug-likeness (QED) is 0.624. The number of hydrogen-bond donors (Lipinski definition) is 2. The van der Waals surface area contributed by atoms with Crippen molar-refractivity contribution >= 4 is 17.6 Å². The molecule has 0 heterocycles. The smallest absolute Gasteiger partial charge is 0.191 e. The monoisotopic (exact) mass is 344 g/mol. The van der Waals surface area contributed by atoms with Crippen LogP contribution in [0.3, 0.4) is 0 Å². The van der Waals surface area contributed by atoms with Gasteiger partial charge in [-0.1, -0.05) is 54.1 Å². The molecule has 5 heteroatoms. The first-order valence-electron chi connectivity index (χ1n) is 7.99. The van der Waals surface area contributed by atoms with Gasteiger partial charge in [0.1, 0.15) is 0 Å².